The van der Waals surface area contributed by atoms with Gasteiger partial charge in [-0.1, -0.05) is 12.5 Å². The number of carbonyl (C=O) groups is 1. The Morgan fingerprint density at radius 2 is 2.13 bits per heavy atom. The second-order valence-corrected chi connectivity index (χ2v) is 7.88. The Labute approximate surface area is 178 Å². The van der Waals surface area contributed by atoms with Crippen LogP contribution in [0.2, 0.25) is 0 Å². The maximum Gasteiger partial charge on any atom is 0.416 e. The van der Waals surface area contributed by atoms with Crippen LogP contribution >= 0.6 is 0 Å². The molecule has 1 unspecified atom stereocenters. The lowest BCUT2D eigenvalue weighted by Crippen LogP contribution is -2.29. The molecule has 1 heterocycles. The first-order valence-electron chi connectivity index (χ1n) is 10.2. The molecule has 0 spiro atoms. The number of rotatable bonds is 8. The highest BCUT2D eigenvalue weighted by Gasteiger charge is 2.31. The van der Waals surface area contributed by atoms with Crippen LogP contribution in [0.5, 0.6) is 0 Å². The molecule has 1 saturated carbocycles. The van der Waals surface area contributed by atoms with Gasteiger partial charge in [0, 0.05) is 5.56 Å². The zero-order valence-corrected chi connectivity index (χ0v) is 17.4. The summed E-state index contributed by atoms with van der Waals surface area (Å²) in [5.74, 6) is -0.139. The van der Waals surface area contributed by atoms with Crippen LogP contribution in [0.1, 0.15) is 49.6 Å². The molecule has 0 bridgehead atoms. The average molecular weight is 441 g/mol. The van der Waals surface area contributed by atoms with Crippen molar-refractivity contribution in [2.75, 3.05) is 6.61 Å². The number of benzene rings is 1. The fourth-order valence-corrected chi connectivity index (χ4v) is 3.61. The first-order valence-corrected chi connectivity index (χ1v) is 10.2. The van der Waals surface area contributed by atoms with Crippen LogP contribution in [-0.2, 0) is 27.1 Å². The number of ether oxygens (including phenoxy) is 2. The van der Waals surface area contributed by atoms with Gasteiger partial charge in [-0.3, -0.25) is 0 Å². The Morgan fingerprint density at radius 3 is 2.84 bits per heavy atom. The van der Waals surface area contributed by atoms with Crippen LogP contribution in [0.3, 0.4) is 0 Å². The lowest BCUT2D eigenvalue weighted by molar-refractivity contribution is -0.150. The van der Waals surface area contributed by atoms with Crippen LogP contribution in [0, 0.1) is 12.8 Å². The van der Waals surface area contributed by atoms with Gasteiger partial charge >= 0.3 is 12.1 Å². The summed E-state index contributed by atoms with van der Waals surface area (Å²) >= 11 is 0. The molecular formula is C22H26F3NO5. The summed E-state index contributed by atoms with van der Waals surface area (Å²) in [6.45, 7) is 3.77. The molecule has 1 aromatic carbocycles. The number of aromatic nitrogens is 1. The number of halogens is 3. The van der Waals surface area contributed by atoms with Crippen LogP contribution in [0.25, 0.3) is 11.5 Å². The minimum absolute atomic E-state index is 0.0180. The molecule has 9 heteroatoms. The van der Waals surface area contributed by atoms with Crippen molar-refractivity contribution < 1.29 is 37.0 Å². The number of hydrogen-bond acceptors (Lipinski definition) is 5. The molecular weight excluding hydrogens is 415 g/mol. The summed E-state index contributed by atoms with van der Waals surface area (Å²) < 4.78 is 55.8. The van der Waals surface area contributed by atoms with E-state index in [0.29, 0.717) is 18.1 Å². The predicted octanol–water partition coefficient (Wildman–Crippen LogP) is 5.23. The summed E-state index contributed by atoms with van der Waals surface area (Å²) in [5, 5.41) is 8.92. The molecule has 1 fully saturated rings. The number of alkyl halides is 3. The fourth-order valence-electron chi connectivity index (χ4n) is 3.61. The van der Waals surface area contributed by atoms with Crippen molar-refractivity contribution in [3.05, 3.63) is 41.3 Å². The number of oxazole rings is 1. The highest BCUT2D eigenvalue weighted by Crippen LogP contribution is 2.33. The van der Waals surface area contributed by atoms with Gasteiger partial charge in [0.2, 0.25) is 5.89 Å². The van der Waals surface area contributed by atoms with Crippen molar-refractivity contribution in [3.63, 3.8) is 0 Å². The first-order chi connectivity index (χ1) is 14.6. The smallest absolute Gasteiger partial charge is 0.416 e. The van der Waals surface area contributed by atoms with Crippen molar-refractivity contribution in [3.8, 4) is 11.5 Å². The second kappa shape index (κ2) is 9.82. The number of carboxylic acid groups (broad SMARTS) is 1. The zero-order valence-electron chi connectivity index (χ0n) is 17.4. The molecule has 1 aliphatic carbocycles. The molecule has 1 aliphatic rings. The quantitative estimate of drug-likeness (QED) is 0.604. The van der Waals surface area contributed by atoms with E-state index < -0.39 is 23.8 Å². The Hall–Kier alpha value is -2.39. The normalized spacial score (nSPS) is 20.5. The molecule has 0 aliphatic heterocycles. The van der Waals surface area contributed by atoms with E-state index in [2.05, 4.69) is 4.98 Å². The zero-order chi connectivity index (χ0) is 22.6. The SMILES string of the molecule is Cc1oc(-c2cccc(C(F)(F)F)c2)nc1CO[C@H]1CCC[C@@H](COC(C)C(=O)O)C1. The molecule has 3 atom stereocenters. The lowest BCUT2D eigenvalue weighted by Gasteiger charge is -2.29. The van der Waals surface area contributed by atoms with E-state index in [4.69, 9.17) is 19.0 Å². The van der Waals surface area contributed by atoms with Gasteiger partial charge < -0.3 is 19.0 Å². The Kier molecular flexibility index (Phi) is 7.38. The molecule has 0 radical (unpaired) electrons. The summed E-state index contributed by atoms with van der Waals surface area (Å²) in [5.41, 5.74) is 0.0447. The second-order valence-electron chi connectivity index (χ2n) is 7.88. The third-order valence-corrected chi connectivity index (χ3v) is 5.45. The minimum atomic E-state index is -4.44. The van der Waals surface area contributed by atoms with Gasteiger partial charge in [0.1, 0.15) is 11.5 Å². The summed E-state index contributed by atoms with van der Waals surface area (Å²) in [4.78, 5) is 15.2. The third kappa shape index (κ3) is 6.30. The van der Waals surface area contributed by atoms with Gasteiger partial charge in [0.25, 0.3) is 0 Å². The van der Waals surface area contributed by atoms with Crippen molar-refractivity contribution >= 4 is 5.97 Å². The van der Waals surface area contributed by atoms with E-state index in [1.807, 2.05) is 0 Å². The highest BCUT2D eigenvalue weighted by atomic mass is 19.4. The molecule has 0 amide bonds. The van der Waals surface area contributed by atoms with Crippen molar-refractivity contribution in [2.45, 2.75) is 64.5 Å². The standard InChI is InChI=1S/C22H26F3NO5/c1-13-19(26-20(31-13)16-6-4-7-17(10-16)22(23,24)25)12-30-18-8-3-5-15(9-18)11-29-14(2)21(27)28/h4,6-7,10,14-15,18H,3,5,8-9,11-12H2,1-2H3,(H,27,28)/t14?,15-,18+/m1/s1. The monoisotopic (exact) mass is 441 g/mol. The average Bonchev–Trinajstić information content (AvgIpc) is 3.11. The van der Waals surface area contributed by atoms with E-state index in [9.17, 15) is 18.0 Å². The van der Waals surface area contributed by atoms with Crippen LogP contribution < -0.4 is 0 Å². The van der Waals surface area contributed by atoms with Crippen molar-refractivity contribution in [1.82, 2.24) is 4.98 Å². The molecule has 3 rings (SSSR count). The molecule has 6 nitrogen and oxygen atoms in total. The number of nitrogens with zero attached hydrogens (tertiary/aromatic N) is 1. The molecule has 2 aromatic rings. The van der Waals surface area contributed by atoms with E-state index in [1.165, 1.54) is 19.1 Å². The number of carboxylic acids is 1. The van der Waals surface area contributed by atoms with Crippen molar-refractivity contribution in [1.29, 1.82) is 0 Å². The minimum Gasteiger partial charge on any atom is -0.479 e. The largest absolute Gasteiger partial charge is 0.479 e. The van der Waals surface area contributed by atoms with Gasteiger partial charge in [-0.15, -0.1) is 0 Å². The highest BCUT2D eigenvalue weighted by molar-refractivity contribution is 5.71. The summed E-state index contributed by atoms with van der Waals surface area (Å²) in [7, 11) is 0. The Balaban J connectivity index is 1.58. The van der Waals surface area contributed by atoms with Crippen LogP contribution in [0.4, 0.5) is 13.2 Å². The molecule has 1 N–H and O–H groups in total. The summed E-state index contributed by atoms with van der Waals surface area (Å²) in [6, 6.07) is 4.86. The molecule has 0 saturated heterocycles. The molecule has 1 aromatic heterocycles. The van der Waals surface area contributed by atoms with Gasteiger partial charge in [0.05, 0.1) is 24.9 Å². The lowest BCUT2D eigenvalue weighted by atomic mass is 9.87. The van der Waals surface area contributed by atoms with E-state index in [1.54, 1.807) is 6.92 Å². The molecule has 170 valence electrons. The Bertz CT molecular complexity index is 896. The van der Waals surface area contributed by atoms with E-state index >= 15 is 0 Å². The van der Waals surface area contributed by atoms with Gasteiger partial charge in [-0.2, -0.15) is 13.2 Å². The maximum absolute atomic E-state index is 13.0. The fraction of sp³-hybridized carbons (Fsp3) is 0.545. The number of aliphatic carboxylic acids is 1. The third-order valence-electron chi connectivity index (χ3n) is 5.45. The number of aryl methyl sites for hydroxylation is 1. The predicted molar refractivity (Wildman–Crippen MR) is 105 cm³/mol. The van der Waals surface area contributed by atoms with Crippen LogP contribution in [-0.4, -0.2) is 34.9 Å². The first kappa shape index (κ1) is 23.3. The maximum atomic E-state index is 13.0. The van der Waals surface area contributed by atoms with E-state index in [0.717, 1.165) is 37.8 Å². The van der Waals surface area contributed by atoms with E-state index in [-0.39, 0.29) is 30.1 Å². The van der Waals surface area contributed by atoms with Gasteiger partial charge in [0.15, 0.2) is 6.10 Å². The van der Waals surface area contributed by atoms with Crippen LogP contribution in [0.15, 0.2) is 28.7 Å². The van der Waals surface area contributed by atoms with Gasteiger partial charge in [-0.05, 0) is 57.2 Å². The van der Waals surface area contributed by atoms with Gasteiger partial charge in [-0.25, -0.2) is 9.78 Å². The topological polar surface area (TPSA) is 81.8 Å². The number of hydrogen-bond donors (Lipinski definition) is 1. The Morgan fingerprint density at radius 1 is 1.35 bits per heavy atom. The molecule has 31 heavy (non-hydrogen) atoms. The van der Waals surface area contributed by atoms with Crippen molar-refractivity contribution in [2.24, 2.45) is 5.92 Å². The summed E-state index contributed by atoms with van der Waals surface area (Å²) in [6.07, 6.45) is -1.76.